The van der Waals surface area contributed by atoms with Gasteiger partial charge in [0.2, 0.25) is 0 Å². The standard InChI is InChI=1S/C21H27N5O3S/c1-15(2)16-4-6-19(7-5-16)29-13-18-10-20(24-23-18)17-8-9-26(11-17)30(27,28)21-12-25(3)14-22-21/h4-7,10,12,14-15,17H,8-9,11,13H2,1-3H3,(H,23,24)/t17-/m0/s1. The third kappa shape index (κ3) is 4.27. The van der Waals surface area contributed by atoms with Crippen molar-refractivity contribution in [3.63, 3.8) is 0 Å². The molecule has 2 aromatic heterocycles. The van der Waals surface area contributed by atoms with Gasteiger partial charge in [0.05, 0.1) is 17.7 Å². The monoisotopic (exact) mass is 429 g/mol. The highest BCUT2D eigenvalue weighted by molar-refractivity contribution is 7.89. The number of benzene rings is 1. The molecular weight excluding hydrogens is 402 g/mol. The summed E-state index contributed by atoms with van der Waals surface area (Å²) in [7, 11) is -1.81. The van der Waals surface area contributed by atoms with Crippen LogP contribution in [0.25, 0.3) is 0 Å². The Morgan fingerprint density at radius 3 is 2.70 bits per heavy atom. The Morgan fingerprint density at radius 2 is 2.03 bits per heavy atom. The molecule has 1 atom stereocenters. The summed E-state index contributed by atoms with van der Waals surface area (Å²) in [6.45, 7) is 5.57. The molecule has 4 rings (SSSR count). The Balaban J connectivity index is 1.36. The van der Waals surface area contributed by atoms with Gasteiger partial charge in [-0.2, -0.15) is 9.40 Å². The Labute approximate surface area is 176 Å². The molecule has 1 saturated heterocycles. The molecule has 9 heteroatoms. The molecule has 0 unspecified atom stereocenters. The normalized spacial score (nSPS) is 17.7. The van der Waals surface area contributed by atoms with E-state index in [9.17, 15) is 8.42 Å². The molecule has 0 saturated carbocycles. The summed E-state index contributed by atoms with van der Waals surface area (Å²) in [6.07, 6.45) is 3.75. The molecule has 0 amide bonds. The first-order valence-corrected chi connectivity index (χ1v) is 11.5. The number of imidazole rings is 1. The highest BCUT2D eigenvalue weighted by Gasteiger charge is 2.35. The van der Waals surface area contributed by atoms with Crippen molar-refractivity contribution >= 4 is 10.0 Å². The summed E-state index contributed by atoms with van der Waals surface area (Å²) < 4.78 is 34.5. The molecule has 0 radical (unpaired) electrons. The summed E-state index contributed by atoms with van der Waals surface area (Å²) in [5.41, 5.74) is 3.00. The summed E-state index contributed by atoms with van der Waals surface area (Å²) in [5.74, 6) is 1.35. The van der Waals surface area contributed by atoms with Crippen molar-refractivity contribution in [1.82, 2.24) is 24.1 Å². The second-order valence-corrected chi connectivity index (χ2v) is 9.94. The maximum absolute atomic E-state index is 12.8. The zero-order valence-corrected chi connectivity index (χ0v) is 18.3. The predicted octanol–water partition coefficient (Wildman–Crippen LogP) is 3.02. The van der Waals surface area contributed by atoms with E-state index in [2.05, 4.69) is 41.2 Å². The molecule has 1 N–H and O–H groups in total. The molecule has 0 bridgehead atoms. The van der Waals surface area contributed by atoms with Crippen LogP contribution in [-0.2, 0) is 23.7 Å². The fourth-order valence-corrected chi connectivity index (χ4v) is 5.08. The van der Waals surface area contributed by atoms with Crippen LogP contribution in [0.15, 0.2) is 47.9 Å². The van der Waals surface area contributed by atoms with Crippen molar-refractivity contribution < 1.29 is 13.2 Å². The van der Waals surface area contributed by atoms with Gasteiger partial charge in [-0.05, 0) is 36.1 Å². The summed E-state index contributed by atoms with van der Waals surface area (Å²) >= 11 is 0. The Morgan fingerprint density at radius 1 is 1.27 bits per heavy atom. The molecule has 160 valence electrons. The molecule has 1 aromatic carbocycles. The number of aromatic nitrogens is 4. The van der Waals surface area contributed by atoms with E-state index in [0.717, 1.165) is 23.6 Å². The first-order valence-electron chi connectivity index (χ1n) is 10.1. The van der Waals surface area contributed by atoms with Crippen LogP contribution in [0.5, 0.6) is 5.75 Å². The molecule has 1 aliphatic rings. The summed E-state index contributed by atoms with van der Waals surface area (Å²) in [5, 5.41) is 7.50. The fraction of sp³-hybridized carbons (Fsp3) is 0.429. The van der Waals surface area contributed by atoms with Crippen molar-refractivity contribution in [1.29, 1.82) is 0 Å². The van der Waals surface area contributed by atoms with Gasteiger partial charge in [0.25, 0.3) is 10.0 Å². The molecule has 1 aliphatic heterocycles. The molecule has 3 aromatic rings. The van der Waals surface area contributed by atoms with Crippen LogP contribution in [0, 0.1) is 0 Å². The molecular formula is C21H27N5O3S. The van der Waals surface area contributed by atoms with Gasteiger partial charge in [-0.1, -0.05) is 26.0 Å². The van der Waals surface area contributed by atoms with Gasteiger partial charge in [0, 0.05) is 32.3 Å². The summed E-state index contributed by atoms with van der Waals surface area (Å²) in [4.78, 5) is 4.00. The SMILES string of the molecule is CC(C)c1ccc(OCc2cc([C@H]3CCN(S(=O)(=O)c4cn(C)cn4)C3)n[nH]2)cc1. The number of rotatable bonds is 7. The lowest BCUT2D eigenvalue weighted by Crippen LogP contribution is -2.29. The first-order chi connectivity index (χ1) is 14.3. The maximum atomic E-state index is 12.8. The average molecular weight is 430 g/mol. The van der Waals surface area contributed by atoms with Crippen LogP contribution in [0.1, 0.15) is 49.1 Å². The van der Waals surface area contributed by atoms with E-state index in [0.29, 0.717) is 25.6 Å². The van der Waals surface area contributed by atoms with Crippen molar-refractivity contribution in [3.05, 3.63) is 59.8 Å². The molecule has 0 spiro atoms. The van der Waals surface area contributed by atoms with Gasteiger partial charge < -0.3 is 9.30 Å². The third-order valence-electron chi connectivity index (χ3n) is 5.45. The van der Waals surface area contributed by atoms with Crippen LogP contribution in [0.2, 0.25) is 0 Å². The lowest BCUT2D eigenvalue weighted by atomic mass is 10.0. The van der Waals surface area contributed by atoms with Crippen LogP contribution in [0.3, 0.4) is 0 Å². The Kier molecular flexibility index (Phi) is 5.66. The van der Waals surface area contributed by atoms with Crippen LogP contribution < -0.4 is 4.74 Å². The number of hydrogen-bond acceptors (Lipinski definition) is 5. The lowest BCUT2D eigenvalue weighted by molar-refractivity contribution is 0.301. The molecule has 1 fully saturated rings. The Hall–Kier alpha value is -2.65. The number of nitrogens with zero attached hydrogens (tertiary/aromatic N) is 4. The van der Waals surface area contributed by atoms with Crippen LogP contribution in [-0.4, -0.2) is 45.6 Å². The zero-order chi connectivity index (χ0) is 21.3. The largest absolute Gasteiger partial charge is 0.487 e. The number of nitrogens with one attached hydrogen (secondary N) is 1. The molecule has 3 heterocycles. The Bertz CT molecular complexity index is 1100. The van der Waals surface area contributed by atoms with E-state index in [1.54, 1.807) is 11.6 Å². The van der Waals surface area contributed by atoms with E-state index < -0.39 is 10.0 Å². The van der Waals surface area contributed by atoms with Gasteiger partial charge in [0.15, 0.2) is 5.03 Å². The lowest BCUT2D eigenvalue weighted by Gasteiger charge is -2.14. The maximum Gasteiger partial charge on any atom is 0.262 e. The van der Waals surface area contributed by atoms with Crippen molar-refractivity contribution in [2.75, 3.05) is 13.1 Å². The predicted molar refractivity (Wildman–Crippen MR) is 113 cm³/mol. The van der Waals surface area contributed by atoms with E-state index in [1.807, 2.05) is 18.2 Å². The zero-order valence-electron chi connectivity index (χ0n) is 17.4. The van der Waals surface area contributed by atoms with Gasteiger partial charge in [0.1, 0.15) is 12.4 Å². The first kappa shape index (κ1) is 20.6. The van der Waals surface area contributed by atoms with Gasteiger partial charge in [-0.25, -0.2) is 13.4 Å². The van der Waals surface area contributed by atoms with E-state index in [1.165, 1.54) is 22.4 Å². The van der Waals surface area contributed by atoms with Gasteiger partial charge in [-0.3, -0.25) is 5.10 Å². The van der Waals surface area contributed by atoms with E-state index >= 15 is 0 Å². The van der Waals surface area contributed by atoms with E-state index in [-0.39, 0.29) is 10.9 Å². The fourth-order valence-electron chi connectivity index (χ4n) is 3.61. The average Bonchev–Trinajstić information content (AvgIpc) is 3.47. The third-order valence-corrected chi connectivity index (χ3v) is 7.20. The number of ether oxygens (including phenoxy) is 1. The van der Waals surface area contributed by atoms with Gasteiger partial charge >= 0.3 is 0 Å². The smallest absolute Gasteiger partial charge is 0.262 e. The van der Waals surface area contributed by atoms with Gasteiger partial charge in [-0.15, -0.1) is 0 Å². The number of hydrogen-bond donors (Lipinski definition) is 1. The topological polar surface area (TPSA) is 93.1 Å². The second-order valence-electron chi connectivity index (χ2n) is 8.06. The number of sulfonamides is 1. The van der Waals surface area contributed by atoms with E-state index in [4.69, 9.17) is 4.74 Å². The molecule has 0 aliphatic carbocycles. The molecule has 30 heavy (non-hydrogen) atoms. The van der Waals surface area contributed by atoms with Crippen LogP contribution in [0.4, 0.5) is 0 Å². The quantitative estimate of drug-likeness (QED) is 0.623. The van der Waals surface area contributed by atoms with Crippen molar-refractivity contribution in [2.45, 2.75) is 43.7 Å². The number of H-pyrrole nitrogens is 1. The minimum absolute atomic E-state index is 0.0545. The van der Waals surface area contributed by atoms with Crippen LogP contribution >= 0.6 is 0 Å². The molecule has 8 nitrogen and oxygen atoms in total. The van der Waals surface area contributed by atoms with Crippen molar-refractivity contribution in [3.8, 4) is 5.75 Å². The number of aryl methyl sites for hydroxylation is 1. The van der Waals surface area contributed by atoms with Crippen molar-refractivity contribution in [2.24, 2.45) is 7.05 Å². The number of aromatic amines is 1. The second kappa shape index (κ2) is 8.23. The minimum atomic E-state index is -3.57. The highest BCUT2D eigenvalue weighted by atomic mass is 32.2. The summed E-state index contributed by atoms with van der Waals surface area (Å²) in [6, 6.07) is 10.1. The minimum Gasteiger partial charge on any atom is -0.487 e. The highest BCUT2D eigenvalue weighted by Crippen LogP contribution is 2.30.